The maximum absolute atomic E-state index is 12.0. The number of aromatic nitrogens is 1. The van der Waals surface area contributed by atoms with E-state index in [0.29, 0.717) is 40.0 Å². The number of rotatable bonds is 3. The van der Waals surface area contributed by atoms with Crippen LogP contribution in [-0.2, 0) is 4.79 Å². The summed E-state index contributed by atoms with van der Waals surface area (Å²) in [5, 5.41) is 3.52. The molecule has 1 unspecified atom stereocenters. The molecule has 1 aliphatic heterocycles. The zero-order chi connectivity index (χ0) is 14.0. The van der Waals surface area contributed by atoms with Gasteiger partial charge in [-0.3, -0.25) is 4.79 Å². The van der Waals surface area contributed by atoms with Crippen LogP contribution in [0.5, 0.6) is 0 Å². The van der Waals surface area contributed by atoms with E-state index in [9.17, 15) is 4.79 Å². The van der Waals surface area contributed by atoms with Crippen molar-refractivity contribution < 1.29 is 4.79 Å². The third-order valence-electron chi connectivity index (χ3n) is 2.87. The fourth-order valence-electron chi connectivity index (χ4n) is 2.02. The topological polar surface area (TPSA) is 108 Å². The largest absolute Gasteiger partial charge is 0.395 e. The van der Waals surface area contributed by atoms with Crippen LogP contribution in [0.1, 0.15) is 6.42 Å². The molecule has 2 N–H and O–H groups in total. The molecule has 0 radical (unpaired) electrons. The molecule has 2 heterocycles. The average molecular weight is 390 g/mol. The Kier molecular flexibility index (Phi) is 4.28. The summed E-state index contributed by atoms with van der Waals surface area (Å²) in [7, 11) is 0. The minimum Gasteiger partial charge on any atom is -0.395 e. The Balaban J connectivity index is 2.30. The van der Waals surface area contributed by atoms with Gasteiger partial charge >= 0.3 is 0 Å². The highest BCUT2D eigenvalue weighted by Crippen LogP contribution is 2.38. The Bertz CT molecular complexity index is 571. The summed E-state index contributed by atoms with van der Waals surface area (Å²) < 4.78 is 1.16. The first-order chi connectivity index (χ1) is 9.04. The van der Waals surface area contributed by atoms with Crippen molar-refractivity contribution in [3.05, 3.63) is 25.7 Å². The number of azide groups is 1. The van der Waals surface area contributed by atoms with Gasteiger partial charge in [0.1, 0.15) is 4.60 Å². The van der Waals surface area contributed by atoms with Crippen molar-refractivity contribution in [3.8, 4) is 0 Å². The van der Waals surface area contributed by atoms with Crippen LogP contribution in [0, 0.1) is 5.92 Å². The van der Waals surface area contributed by atoms with Crippen LogP contribution in [0.15, 0.2) is 20.4 Å². The number of nitrogens with zero attached hydrogens (tertiary/aromatic N) is 5. The molecule has 1 aromatic heterocycles. The molecular weight excluding hydrogens is 380 g/mol. The summed E-state index contributed by atoms with van der Waals surface area (Å²) in [5.74, 6) is -0.0229. The highest BCUT2D eigenvalue weighted by molar-refractivity contribution is 9.11. The van der Waals surface area contributed by atoms with Crippen molar-refractivity contribution in [3.63, 3.8) is 0 Å². The van der Waals surface area contributed by atoms with Gasteiger partial charge in [0.2, 0.25) is 5.91 Å². The van der Waals surface area contributed by atoms with Gasteiger partial charge in [-0.05, 0) is 43.3 Å². The van der Waals surface area contributed by atoms with E-state index in [0.717, 1.165) is 0 Å². The van der Waals surface area contributed by atoms with Crippen LogP contribution >= 0.6 is 31.9 Å². The third kappa shape index (κ3) is 2.83. The molecule has 19 heavy (non-hydrogen) atoms. The van der Waals surface area contributed by atoms with E-state index in [2.05, 4.69) is 46.9 Å². The number of amides is 1. The highest BCUT2D eigenvalue weighted by Gasteiger charge is 2.32. The van der Waals surface area contributed by atoms with E-state index in [1.165, 1.54) is 0 Å². The zero-order valence-electron chi connectivity index (χ0n) is 9.75. The summed E-state index contributed by atoms with van der Waals surface area (Å²) in [6.45, 7) is 0.791. The van der Waals surface area contributed by atoms with Gasteiger partial charge in [-0.25, -0.2) is 4.98 Å². The molecule has 1 fully saturated rings. The van der Waals surface area contributed by atoms with E-state index in [1.54, 1.807) is 11.1 Å². The Labute approximate surface area is 126 Å². The van der Waals surface area contributed by atoms with Crippen molar-refractivity contribution >= 4 is 49.1 Å². The SMILES string of the molecule is [N-]=[N+]=NCC1CC(=O)N(c2c(Br)cnc(Br)c2N)C1. The molecule has 2 rings (SSSR count). The maximum Gasteiger partial charge on any atom is 0.227 e. The Morgan fingerprint density at radius 3 is 3.05 bits per heavy atom. The van der Waals surface area contributed by atoms with Crippen LogP contribution in [-0.4, -0.2) is 24.0 Å². The maximum atomic E-state index is 12.0. The van der Waals surface area contributed by atoms with Gasteiger partial charge in [0.05, 0.1) is 15.8 Å². The van der Waals surface area contributed by atoms with Gasteiger partial charge < -0.3 is 10.6 Å². The number of nitrogens with two attached hydrogens (primary N) is 1. The molecule has 1 atom stereocenters. The van der Waals surface area contributed by atoms with Crippen LogP contribution < -0.4 is 10.6 Å². The first-order valence-electron chi connectivity index (χ1n) is 5.45. The van der Waals surface area contributed by atoms with Crippen molar-refractivity contribution in [2.75, 3.05) is 23.7 Å². The molecule has 1 aromatic rings. The third-order valence-corrected chi connectivity index (χ3v) is 4.09. The summed E-state index contributed by atoms with van der Waals surface area (Å²) in [5.41, 5.74) is 15.3. The van der Waals surface area contributed by atoms with Crippen molar-refractivity contribution in [2.24, 2.45) is 11.0 Å². The Morgan fingerprint density at radius 2 is 2.37 bits per heavy atom. The van der Waals surface area contributed by atoms with E-state index >= 15 is 0 Å². The molecule has 0 aromatic carbocycles. The molecule has 1 saturated heterocycles. The summed E-state index contributed by atoms with van der Waals surface area (Å²) in [4.78, 5) is 20.4. The molecule has 100 valence electrons. The standard InChI is InChI=1S/C10H10Br2N6O/c11-6-3-15-10(12)8(13)9(6)18-4-5(1-7(18)19)2-16-17-14/h3,5H,1-2,4,13H2. The number of carbonyl (C=O) groups is 1. The summed E-state index contributed by atoms with van der Waals surface area (Å²) >= 11 is 6.60. The number of nitrogen functional groups attached to an aromatic ring is 1. The Morgan fingerprint density at radius 1 is 1.63 bits per heavy atom. The first-order valence-corrected chi connectivity index (χ1v) is 7.04. The van der Waals surface area contributed by atoms with E-state index in [1.807, 2.05) is 0 Å². The molecular formula is C10H10Br2N6O. The fraction of sp³-hybridized carbons (Fsp3) is 0.400. The predicted octanol–water partition coefficient (Wildman–Crippen LogP) is 2.85. The number of carbonyl (C=O) groups excluding carboxylic acids is 1. The highest BCUT2D eigenvalue weighted by atomic mass is 79.9. The lowest BCUT2D eigenvalue weighted by molar-refractivity contribution is -0.117. The Hall–Kier alpha value is -1.31. The number of hydrogen-bond acceptors (Lipinski definition) is 4. The lowest BCUT2D eigenvalue weighted by atomic mass is 10.1. The van der Waals surface area contributed by atoms with Gasteiger partial charge in [0.25, 0.3) is 0 Å². The molecule has 0 bridgehead atoms. The van der Waals surface area contributed by atoms with Crippen LogP contribution in [0.4, 0.5) is 11.4 Å². The number of anilines is 2. The predicted molar refractivity (Wildman–Crippen MR) is 78.5 cm³/mol. The molecule has 1 aliphatic rings. The molecule has 0 aliphatic carbocycles. The molecule has 0 saturated carbocycles. The smallest absolute Gasteiger partial charge is 0.227 e. The minimum atomic E-state index is -0.0383. The molecule has 7 nitrogen and oxygen atoms in total. The lowest BCUT2D eigenvalue weighted by Gasteiger charge is -2.20. The second kappa shape index (κ2) is 5.77. The first kappa shape index (κ1) is 14.1. The van der Waals surface area contributed by atoms with Gasteiger partial charge in [-0.15, -0.1) is 0 Å². The number of hydrogen-bond donors (Lipinski definition) is 1. The quantitative estimate of drug-likeness (QED) is 0.371. The second-order valence-corrected chi connectivity index (χ2v) is 5.75. The van der Waals surface area contributed by atoms with Crippen molar-refractivity contribution in [1.82, 2.24) is 4.98 Å². The monoisotopic (exact) mass is 388 g/mol. The van der Waals surface area contributed by atoms with Crippen LogP contribution in [0.25, 0.3) is 10.4 Å². The van der Waals surface area contributed by atoms with Gasteiger partial charge in [-0.1, -0.05) is 5.11 Å². The van der Waals surface area contributed by atoms with Crippen molar-refractivity contribution in [2.45, 2.75) is 6.42 Å². The molecule has 1 amide bonds. The number of halogens is 2. The van der Waals surface area contributed by atoms with E-state index in [4.69, 9.17) is 11.3 Å². The minimum absolute atomic E-state index is 0.0154. The van der Waals surface area contributed by atoms with Gasteiger partial charge in [-0.2, -0.15) is 0 Å². The van der Waals surface area contributed by atoms with Crippen molar-refractivity contribution in [1.29, 1.82) is 0 Å². The van der Waals surface area contributed by atoms with Crippen LogP contribution in [0.3, 0.4) is 0 Å². The summed E-state index contributed by atoms with van der Waals surface area (Å²) in [6.07, 6.45) is 1.94. The molecule has 0 spiro atoms. The normalized spacial score (nSPS) is 18.5. The van der Waals surface area contributed by atoms with Crippen LogP contribution in [0.2, 0.25) is 0 Å². The number of pyridine rings is 1. The van der Waals surface area contributed by atoms with Gasteiger partial charge in [0.15, 0.2) is 0 Å². The average Bonchev–Trinajstić information content (AvgIpc) is 2.73. The fourth-order valence-corrected chi connectivity index (χ4v) is 2.84. The summed E-state index contributed by atoms with van der Waals surface area (Å²) in [6, 6.07) is 0. The molecule has 9 heteroatoms. The second-order valence-electron chi connectivity index (χ2n) is 4.15. The lowest BCUT2D eigenvalue weighted by Crippen LogP contribution is -2.26. The van der Waals surface area contributed by atoms with Gasteiger partial charge in [0, 0.05) is 30.6 Å². The zero-order valence-corrected chi connectivity index (χ0v) is 12.9. The van der Waals surface area contributed by atoms with E-state index < -0.39 is 0 Å². The van der Waals surface area contributed by atoms with E-state index in [-0.39, 0.29) is 11.8 Å².